The van der Waals surface area contributed by atoms with Gasteiger partial charge < -0.3 is 4.42 Å². The molecule has 1 atom stereocenters. The van der Waals surface area contributed by atoms with Crippen LogP contribution in [0.3, 0.4) is 0 Å². The number of aryl methyl sites for hydroxylation is 1. The molecule has 0 saturated carbocycles. The van der Waals surface area contributed by atoms with Crippen molar-refractivity contribution >= 4 is 41.9 Å². The van der Waals surface area contributed by atoms with Gasteiger partial charge >= 0.3 is 0 Å². The maximum absolute atomic E-state index is 12.4. The number of benzene rings is 1. The Morgan fingerprint density at radius 2 is 2.05 bits per heavy atom. The zero-order valence-electron chi connectivity index (χ0n) is 10.7. The fourth-order valence-corrected chi connectivity index (χ4v) is 4.30. The molecule has 0 bridgehead atoms. The number of halogens is 2. The number of hydrogen-bond acceptors (Lipinski definition) is 4. The third-order valence-electron chi connectivity index (χ3n) is 2.52. The third kappa shape index (κ3) is 3.49. The van der Waals surface area contributed by atoms with Gasteiger partial charge in [-0.1, -0.05) is 15.9 Å². The lowest BCUT2D eigenvalue weighted by atomic mass is 10.4. The lowest BCUT2D eigenvalue weighted by Gasteiger charge is -2.12. The summed E-state index contributed by atoms with van der Waals surface area (Å²) in [5, 5.41) is 0. The maximum atomic E-state index is 12.4. The summed E-state index contributed by atoms with van der Waals surface area (Å²) < 4.78 is 33.8. The van der Waals surface area contributed by atoms with Gasteiger partial charge in [0.05, 0.1) is 17.1 Å². The van der Waals surface area contributed by atoms with Crippen molar-refractivity contribution in [2.24, 2.45) is 0 Å². The van der Waals surface area contributed by atoms with E-state index in [0.29, 0.717) is 20.6 Å². The Morgan fingerprint density at radius 1 is 1.35 bits per heavy atom. The van der Waals surface area contributed by atoms with Crippen LogP contribution in [-0.4, -0.2) is 13.4 Å². The fraction of sp³-hybridized carbons (Fsp3) is 0.250. The highest BCUT2D eigenvalue weighted by molar-refractivity contribution is 9.11. The Balaban J connectivity index is 2.29. The molecule has 2 rings (SSSR count). The van der Waals surface area contributed by atoms with Crippen LogP contribution in [0.25, 0.3) is 0 Å². The van der Waals surface area contributed by atoms with Crippen molar-refractivity contribution in [2.75, 3.05) is 0 Å². The Bertz CT molecular complexity index is 728. The molecule has 20 heavy (non-hydrogen) atoms. The highest BCUT2D eigenvalue weighted by Crippen LogP contribution is 2.27. The summed E-state index contributed by atoms with van der Waals surface area (Å²) in [7, 11) is -3.68. The number of nitrogens with zero attached hydrogens (tertiary/aromatic N) is 1. The van der Waals surface area contributed by atoms with E-state index in [1.807, 2.05) is 0 Å². The van der Waals surface area contributed by atoms with E-state index in [0.717, 1.165) is 0 Å². The molecule has 0 aliphatic heterocycles. The minimum Gasteiger partial charge on any atom is -0.444 e. The van der Waals surface area contributed by atoms with Gasteiger partial charge in [0.15, 0.2) is 0 Å². The fourth-order valence-electron chi connectivity index (χ4n) is 1.60. The van der Waals surface area contributed by atoms with Gasteiger partial charge in [0, 0.05) is 8.95 Å². The van der Waals surface area contributed by atoms with Crippen LogP contribution in [0.4, 0.5) is 0 Å². The molecule has 5 nitrogen and oxygen atoms in total. The minimum absolute atomic E-state index is 0.155. The lowest BCUT2D eigenvalue weighted by Crippen LogP contribution is -2.27. The number of oxazole rings is 1. The zero-order valence-corrected chi connectivity index (χ0v) is 14.7. The van der Waals surface area contributed by atoms with Crippen LogP contribution < -0.4 is 4.72 Å². The first-order valence-corrected chi connectivity index (χ1v) is 8.76. The Hall–Kier alpha value is -0.700. The molecule has 0 spiro atoms. The van der Waals surface area contributed by atoms with Crippen molar-refractivity contribution in [3.05, 3.63) is 45.0 Å². The van der Waals surface area contributed by atoms with Crippen LogP contribution in [-0.2, 0) is 10.0 Å². The molecule has 1 unspecified atom stereocenters. The normalized spacial score (nSPS) is 13.4. The average Bonchev–Trinajstić information content (AvgIpc) is 2.78. The highest BCUT2D eigenvalue weighted by atomic mass is 79.9. The van der Waals surface area contributed by atoms with Crippen LogP contribution in [0, 0.1) is 6.92 Å². The predicted molar refractivity (Wildman–Crippen MR) is 81.8 cm³/mol. The molecule has 108 valence electrons. The molecular formula is C12H12Br2N2O3S. The molecule has 0 aliphatic carbocycles. The van der Waals surface area contributed by atoms with Gasteiger partial charge in [0.1, 0.15) is 5.76 Å². The summed E-state index contributed by atoms with van der Waals surface area (Å²) in [5.41, 5.74) is 0. The molecule has 0 amide bonds. The smallest absolute Gasteiger partial charge is 0.242 e. The van der Waals surface area contributed by atoms with Crippen molar-refractivity contribution in [1.29, 1.82) is 0 Å². The largest absolute Gasteiger partial charge is 0.444 e. The van der Waals surface area contributed by atoms with E-state index in [1.54, 1.807) is 32.2 Å². The van der Waals surface area contributed by atoms with E-state index in [2.05, 4.69) is 41.6 Å². The van der Waals surface area contributed by atoms with Gasteiger partial charge in [0.25, 0.3) is 0 Å². The minimum atomic E-state index is -3.68. The third-order valence-corrected chi connectivity index (χ3v) is 5.55. The van der Waals surface area contributed by atoms with Crippen LogP contribution in [0.15, 0.2) is 42.7 Å². The number of sulfonamides is 1. The van der Waals surface area contributed by atoms with Crippen LogP contribution in [0.2, 0.25) is 0 Å². The molecule has 8 heteroatoms. The van der Waals surface area contributed by atoms with Gasteiger partial charge in [-0.2, -0.15) is 4.72 Å². The number of nitrogens with one attached hydrogen (secondary N) is 1. The van der Waals surface area contributed by atoms with E-state index in [-0.39, 0.29) is 4.90 Å². The van der Waals surface area contributed by atoms with Gasteiger partial charge in [0.2, 0.25) is 15.9 Å². The second kappa shape index (κ2) is 5.97. The summed E-state index contributed by atoms with van der Waals surface area (Å²) in [6.07, 6.45) is 1.55. The van der Waals surface area contributed by atoms with Crippen LogP contribution in [0.1, 0.15) is 24.6 Å². The van der Waals surface area contributed by atoms with Crippen molar-refractivity contribution in [1.82, 2.24) is 9.71 Å². The zero-order chi connectivity index (χ0) is 14.9. The van der Waals surface area contributed by atoms with E-state index in [4.69, 9.17) is 4.42 Å². The molecule has 0 radical (unpaired) electrons. The molecule has 0 aliphatic rings. The summed E-state index contributed by atoms with van der Waals surface area (Å²) in [5.74, 6) is 0.965. The molecule has 0 fully saturated rings. The Morgan fingerprint density at radius 3 is 2.65 bits per heavy atom. The standard InChI is InChI=1S/C12H12Br2N2O3S/c1-7-6-15-12(19-7)8(2)16-20(17,18)11-5-9(13)3-4-10(11)14/h3-6,8,16H,1-2H3. The molecule has 1 N–H and O–H groups in total. The molecule has 2 aromatic rings. The molecule has 1 aromatic carbocycles. The average molecular weight is 424 g/mol. The first-order chi connectivity index (χ1) is 9.29. The second-order valence-corrected chi connectivity index (χ2v) is 7.68. The van der Waals surface area contributed by atoms with Gasteiger partial charge in [-0.25, -0.2) is 13.4 Å². The summed E-state index contributed by atoms with van der Waals surface area (Å²) >= 11 is 6.50. The van der Waals surface area contributed by atoms with Crippen LogP contribution >= 0.6 is 31.9 Å². The first kappa shape index (κ1) is 15.7. The van der Waals surface area contributed by atoms with Crippen LogP contribution in [0.5, 0.6) is 0 Å². The maximum Gasteiger partial charge on any atom is 0.242 e. The molecule has 1 aromatic heterocycles. The van der Waals surface area contributed by atoms with Gasteiger partial charge in [-0.3, -0.25) is 0 Å². The van der Waals surface area contributed by atoms with Crippen molar-refractivity contribution in [3.63, 3.8) is 0 Å². The first-order valence-electron chi connectivity index (χ1n) is 5.69. The summed E-state index contributed by atoms with van der Waals surface area (Å²) in [6, 6.07) is 4.39. The second-order valence-electron chi connectivity index (χ2n) is 4.23. The van der Waals surface area contributed by atoms with Crippen molar-refractivity contribution < 1.29 is 12.8 Å². The number of aromatic nitrogens is 1. The number of hydrogen-bond donors (Lipinski definition) is 1. The Labute approximate surface area is 134 Å². The van der Waals surface area contributed by atoms with E-state index in [9.17, 15) is 8.42 Å². The molecule has 0 saturated heterocycles. The van der Waals surface area contributed by atoms with E-state index < -0.39 is 16.1 Å². The molecule has 1 heterocycles. The SMILES string of the molecule is Cc1cnc(C(C)NS(=O)(=O)c2cc(Br)ccc2Br)o1. The topological polar surface area (TPSA) is 72.2 Å². The predicted octanol–water partition coefficient (Wildman–Crippen LogP) is 3.55. The van der Waals surface area contributed by atoms with Crippen molar-refractivity contribution in [2.45, 2.75) is 24.8 Å². The van der Waals surface area contributed by atoms with Gasteiger partial charge in [-0.15, -0.1) is 0 Å². The number of rotatable bonds is 4. The lowest BCUT2D eigenvalue weighted by molar-refractivity contribution is 0.427. The van der Waals surface area contributed by atoms with E-state index >= 15 is 0 Å². The van der Waals surface area contributed by atoms with Gasteiger partial charge in [-0.05, 0) is 48.0 Å². The monoisotopic (exact) mass is 422 g/mol. The summed E-state index contributed by atoms with van der Waals surface area (Å²) in [4.78, 5) is 4.17. The quantitative estimate of drug-likeness (QED) is 0.816. The molecular weight excluding hydrogens is 412 g/mol. The summed E-state index contributed by atoms with van der Waals surface area (Å²) in [6.45, 7) is 3.43. The Kier molecular flexibility index (Phi) is 4.68. The highest BCUT2D eigenvalue weighted by Gasteiger charge is 2.23. The van der Waals surface area contributed by atoms with E-state index in [1.165, 1.54) is 6.07 Å². The van der Waals surface area contributed by atoms with Crippen molar-refractivity contribution in [3.8, 4) is 0 Å².